The quantitative estimate of drug-likeness (QED) is 0.215. The predicted molar refractivity (Wildman–Crippen MR) is 185 cm³/mol. The van der Waals surface area contributed by atoms with E-state index in [-0.39, 0.29) is 17.9 Å². The molecule has 3 aliphatic rings. The number of oxazole rings is 2. The van der Waals surface area contributed by atoms with Crippen LogP contribution in [0.5, 0.6) is 0 Å². The van der Waals surface area contributed by atoms with Gasteiger partial charge in [-0.3, -0.25) is 19.4 Å². The lowest BCUT2D eigenvalue weighted by molar-refractivity contribution is -0.141. The Labute approximate surface area is 289 Å². The Balaban J connectivity index is 1.06. The molecule has 11 heteroatoms. The zero-order valence-electron chi connectivity index (χ0n) is 28.4. The molecule has 50 heavy (non-hydrogen) atoms. The summed E-state index contributed by atoms with van der Waals surface area (Å²) in [6.45, 7) is 7.69. The Bertz CT molecular complexity index is 2190. The number of carbonyl (C=O) groups is 2. The number of aromatic nitrogens is 2. The lowest BCUT2D eigenvalue weighted by atomic mass is 9.91. The van der Waals surface area contributed by atoms with Gasteiger partial charge in [0, 0.05) is 24.2 Å². The van der Waals surface area contributed by atoms with Crippen LogP contribution in [0, 0.1) is 31.1 Å². The smallest absolute Gasteiger partial charge is 0.307 e. The number of amides is 1. The molecule has 2 fully saturated rings. The van der Waals surface area contributed by atoms with Gasteiger partial charge in [0.1, 0.15) is 23.0 Å². The molecule has 0 aliphatic carbocycles. The molecule has 2 atom stereocenters. The third kappa shape index (κ3) is 5.54. The average Bonchev–Trinajstić information content (AvgIpc) is 3.93. The third-order valence-electron chi connectivity index (χ3n) is 10.7. The molecule has 0 radical (unpaired) electrons. The summed E-state index contributed by atoms with van der Waals surface area (Å²) < 4.78 is 12.6. The Morgan fingerprint density at radius 3 is 2.26 bits per heavy atom. The van der Waals surface area contributed by atoms with Crippen molar-refractivity contribution in [3.8, 4) is 40.1 Å². The van der Waals surface area contributed by atoms with Crippen LogP contribution < -0.4 is 0 Å². The summed E-state index contributed by atoms with van der Waals surface area (Å²) in [4.78, 5) is 40.4. The van der Waals surface area contributed by atoms with E-state index in [9.17, 15) is 20.0 Å². The van der Waals surface area contributed by atoms with Crippen LogP contribution >= 0.6 is 0 Å². The van der Waals surface area contributed by atoms with E-state index < -0.39 is 5.97 Å². The second kappa shape index (κ2) is 12.5. The number of carboxylic acids is 1. The summed E-state index contributed by atoms with van der Waals surface area (Å²) >= 11 is 0. The molecule has 11 nitrogen and oxygen atoms in total. The van der Waals surface area contributed by atoms with Crippen molar-refractivity contribution in [1.29, 1.82) is 5.26 Å². The molecule has 5 aromatic rings. The summed E-state index contributed by atoms with van der Waals surface area (Å²) in [5.74, 6) is 0.748. The van der Waals surface area contributed by atoms with Crippen molar-refractivity contribution in [1.82, 2.24) is 24.7 Å². The topological polar surface area (TPSA) is 140 Å². The van der Waals surface area contributed by atoms with Gasteiger partial charge in [-0.25, -0.2) is 9.97 Å². The first-order chi connectivity index (χ1) is 24.2. The van der Waals surface area contributed by atoms with Gasteiger partial charge in [0.2, 0.25) is 17.7 Å². The SMILES string of the molecule is Cc1c(-c2nc3c(o2)CN(C(=O)[C@@H]2CCCN2C)C3)cccc1-c1cccc(-c2nc3cc(CN4CC[C@@H](C(=O)O)C4)cc(C#N)c3o2)c1C. The summed E-state index contributed by atoms with van der Waals surface area (Å²) in [6, 6.07) is 18.1. The first-order valence-corrected chi connectivity index (χ1v) is 17.1. The molecule has 0 saturated carbocycles. The number of likely N-dealkylation sites (tertiary alicyclic amines) is 2. The average molecular weight is 671 g/mol. The molecule has 254 valence electrons. The van der Waals surface area contributed by atoms with Gasteiger partial charge in [-0.05, 0) is 105 Å². The van der Waals surface area contributed by atoms with Crippen molar-refractivity contribution in [2.75, 3.05) is 26.7 Å². The fourth-order valence-electron chi connectivity index (χ4n) is 7.88. The number of hydrogen-bond acceptors (Lipinski definition) is 9. The summed E-state index contributed by atoms with van der Waals surface area (Å²) in [5, 5.41) is 19.4. The summed E-state index contributed by atoms with van der Waals surface area (Å²) in [5.41, 5.74) is 8.93. The highest BCUT2D eigenvalue weighted by Gasteiger charge is 2.36. The van der Waals surface area contributed by atoms with E-state index in [0.717, 1.165) is 69.8 Å². The lowest BCUT2D eigenvalue weighted by Gasteiger charge is -2.24. The molecular weight excluding hydrogens is 632 g/mol. The molecule has 8 rings (SSSR count). The maximum absolute atomic E-state index is 13.2. The minimum absolute atomic E-state index is 0.0628. The van der Waals surface area contributed by atoms with E-state index in [2.05, 4.69) is 34.9 Å². The monoisotopic (exact) mass is 670 g/mol. The van der Waals surface area contributed by atoms with Gasteiger partial charge in [0.25, 0.3) is 0 Å². The Morgan fingerprint density at radius 1 is 0.940 bits per heavy atom. The molecule has 5 heterocycles. The second-order valence-electron chi connectivity index (χ2n) is 13.9. The highest BCUT2D eigenvalue weighted by Crippen LogP contribution is 2.39. The zero-order chi connectivity index (χ0) is 34.7. The highest BCUT2D eigenvalue weighted by molar-refractivity contribution is 5.86. The number of rotatable bonds is 7. The van der Waals surface area contributed by atoms with E-state index in [0.29, 0.717) is 67.6 Å². The van der Waals surface area contributed by atoms with Crippen molar-refractivity contribution in [3.63, 3.8) is 0 Å². The molecule has 0 unspecified atom stereocenters. The van der Waals surface area contributed by atoms with Gasteiger partial charge in [-0.15, -0.1) is 0 Å². The normalized spacial score (nSPS) is 19.4. The largest absolute Gasteiger partial charge is 0.481 e. The number of hydrogen-bond donors (Lipinski definition) is 1. The molecule has 2 aromatic heterocycles. The number of carbonyl (C=O) groups excluding carboxylic acids is 1. The minimum Gasteiger partial charge on any atom is -0.481 e. The number of carboxylic acid groups (broad SMARTS) is 1. The van der Waals surface area contributed by atoms with Gasteiger partial charge in [-0.1, -0.05) is 24.3 Å². The molecule has 1 amide bonds. The number of fused-ring (bicyclic) bond motifs is 2. The van der Waals surface area contributed by atoms with Crippen molar-refractivity contribution in [3.05, 3.63) is 82.2 Å². The Hall–Kier alpha value is -5.31. The molecule has 3 aliphatic heterocycles. The van der Waals surface area contributed by atoms with Crippen LogP contribution in [0.25, 0.3) is 45.1 Å². The number of aliphatic carboxylic acids is 1. The number of nitrogens with zero attached hydrogens (tertiary/aromatic N) is 6. The van der Waals surface area contributed by atoms with Crippen molar-refractivity contribution >= 4 is 23.0 Å². The van der Waals surface area contributed by atoms with Gasteiger partial charge >= 0.3 is 5.97 Å². The van der Waals surface area contributed by atoms with Crippen LogP contribution in [-0.4, -0.2) is 74.4 Å². The molecule has 0 bridgehead atoms. The molecule has 3 aromatic carbocycles. The van der Waals surface area contributed by atoms with Gasteiger partial charge < -0.3 is 18.8 Å². The van der Waals surface area contributed by atoms with E-state index in [1.807, 2.05) is 55.3 Å². The molecule has 1 N–H and O–H groups in total. The van der Waals surface area contributed by atoms with Crippen LogP contribution in [-0.2, 0) is 29.2 Å². The van der Waals surface area contributed by atoms with Crippen LogP contribution in [0.15, 0.2) is 57.4 Å². The Kier molecular flexibility index (Phi) is 8.01. The van der Waals surface area contributed by atoms with E-state index in [4.69, 9.17) is 18.8 Å². The van der Waals surface area contributed by atoms with Crippen molar-refractivity contribution in [2.24, 2.45) is 5.92 Å². The zero-order valence-corrected chi connectivity index (χ0v) is 28.4. The van der Waals surface area contributed by atoms with Gasteiger partial charge in [0.15, 0.2) is 5.58 Å². The minimum atomic E-state index is -0.768. The van der Waals surface area contributed by atoms with Crippen molar-refractivity contribution < 1.29 is 23.5 Å². The fourth-order valence-corrected chi connectivity index (χ4v) is 7.88. The first-order valence-electron chi connectivity index (χ1n) is 17.1. The summed E-state index contributed by atoms with van der Waals surface area (Å²) in [6.07, 6.45) is 2.55. The molecule has 0 spiro atoms. The number of likely N-dealkylation sites (N-methyl/N-ethyl adjacent to an activating group) is 1. The van der Waals surface area contributed by atoms with E-state index in [1.54, 1.807) is 0 Å². The van der Waals surface area contributed by atoms with Crippen molar-refractivity contribution in [2.45, 2.75) is 58.8 Å². The molecular formula is C39H38N6O5. The first kappa shape index (κ1) is 31.9. The number of nitriles is 1. The summed E-state index contributed by atoms with van der Waals surface area (Å²) in [7, 11) is 2.01. The highest BCUT2D eigenvalue weighted by atomic mass is 16.4. The molecule has 2 saturated heterocycles. The lowest BCUT2D eigenvalue weighted by Crippen LogP contribution is -2.42. The third-order valence-corrected chi connectivity index (χ3v) is 10.7. The van der Waals surface area contributed by atoms with Crippen LogP contribution in [0.1, 0.15) is 53.0 Å². The predicted octanol–water partition coefficient (Wildman–Crippen LogP) is 6.15. The second-order valence-corrected chi connectivity index (χ2v) is 13.9. The van der Waals surface area contributed by atoms with Gasteiger partial charge in [-0.2, -0.15) is 5.26 Å². The maximum atomic E-state index is 13.2. The fraction of sp³-hybridized carbons (Fsp3) is 0.359. The van der Waals surface area contributed by atoms with Crippen LogP contribution in [0.3, 0.4) is 0 Å². The number of benzene rings is 3. The van der Waals surface area contributed by atoms with E-state index >= 15 is 0 Å². The van der Waals surface area contributed by atoms with E-state index in [1.165, 1.54) is 0 Å². The van der Waals surface area contributed by atoms with Crippen LogP contribution in [0.2, 0.25) is 0 Å². The van der Waals surface area contributed by atoms with Crippen LogP contribution in [0.4, 0.5) is 0 Å². The standard InChI is InChI=1S/C39H38N6O5/c1-22-27(7-4-9-29(22)36-42-32-20-45(21-34(32)49-36)38(46)33-11-6-13-43(33)3)28-8-5-10-30(23(28)2)37-41-31-16-24(15-26(17-40)35(31)50-37)18-44-14-12-25(19-44)39(47)48/h4-5,7-10,15-16,25,33H,6,11-14,18-21H2,1-3H3,(H,47,48)/t25-,33+/m1/s1. The maximum Gasteiger partial charge on any atom is 0.307 e. The van der Waals surface area contributed by atoms with Gasteiger partial charge in [0.05, 0.1) is 30.6 Å². The Morgan fingerprint density at radius 2 is 1.64 bits per heavy atom.